The van der Waals surface area contributed by atoms with E-state index in [0.717, 1.165) is 16.8 Å². The maximum Gasteiger partial charge on any atom is 0.279 e. The van der Waals surface area contributed by atoms with Crippen LogP contribution in [0.3, 0.4) is 0 Å². The zero-order chi connectivity index (χ0) is 15.3. The van der Waals surface area contributed by atoms with Gasteiger partial charge in [-0.05, 0) is 32.4 Å². The minimum Gasteiger partial charge on any atom is -0.334 e. The lowest BCUT2D eigenvalue weighted by Gasteiger charge is -2.17. The Hall–Kier alpha value is -2.13. The van der Waals surface area contributed by atoms with Gasteiger partial charge in [0, 0.05) is 11.3 Å². The van der Waals surface area contributed by atoms with E-state index >= 15 is 0 Å². The quantitative estimate of drug-likeness (QED) is 0.890. The predicted molar refractivity (Wildman–Crippen MR) is 87.1 cm³/mol. The number of para-hydroxylation sites is 1. The molecule has 0 aliphatic heterocycles. The molecule has 0 saturated heterocycles. The third-order valence-electron chi connectivity index (χ3n) is 3.19. The Balaban J connectivity index is 2.13. The summed E-state index contributed by atoms with van der Waals surface area (Å²) in [6.45, 7) is 6.71. The van der Waals surface area contributed by atoms with Gasteiger partial charge in [-0.15, -0.1) is 0 Å². The SMILES string of the molecule is CC(C)(C)[NH2+]CC(=O)Nc1ccccc1-c1ccccc1. The molecule has 3 N–H and O–H groups in total. The molecule has 21 heavy (non-hydrogen) atoms. The van der Waals surface area contributed by atoms with Gasteiger partial charge >= 0.3 is 0 Å². The minimum absolute atomic E-state index is 0.0216. The summed E-state index contributed by atoms with van der Waals surface area (Å²) in [6, 6.07) is 18.0. The number of nitrogens with one attached hydrogen (secondary N) is 1. The van der Waals surface area contributed by atoms with E-state index in [2.05, 4.69) is 26.1 Å². The molecule has 0 fully saturated rings. The van der Waals surface area contributed by atoms with E-state index in [9.17, 15) is 4.79 Å². The second kappa shape index (κ2) is 6.55. The van der Waals surface area contributed by atoms with Crippen LogP contribution in [0.1, 0.15) is 20.8 Å². The van der Waals surface area contributed by atoms with Crippen LogP contribution in [-0.2, 0) is 4.79 Å². The number of benzene rings is 2. The summed E-state index contributed by atoms with van der Waals surface area (Å²) in [5.41, 5.74) is 3.06. The number of quaternary nitrogens is 1. The van der Waals surface area contributed by atoms with Crippen molar-refractivity contribution in [1.29, 1.82) is 0 Å². The Bertz CT molecular complexity index is 600. The van der Waals surface area contributed by atoms with Crippen LogP contribution in [0.2, 0.25) is 0 Å². The van der Waals surface area contributed by atoms with Crippen molar-refractivity contribution in [2.45, 2.75) is 26.3 Å². The van der Waals surface area contributed by atoms with Crippen LogP contribution in [0.5, 0.6) is 0 Å². The standard InChI is InChI=1S/C18H22N2O/c1-18(2,3)19-13-17(21)20-16-12-8-7-11-15(16)14-9-5-4-6-10-14/h4-12,19H,13H2,1-3H3,(H,20,21)/p+1. The topological polar surface area (TPSA) is 45.7 Å². The summed E-state index contributed by atoms with van der Waals surface area (Å²) in [4.78, 5) is 12.1. The third-order valence-corrected chi connectivity index (χ3v) is 3.19. The van der Waals surface area contributed by atoms with Crippen LogP contribution >= 0.6 is 0 Å². The van der Waals surface area contributed by atoms with Crippen LogP contribution in [0.4, 0.5) is 5.69 Å². The van der Waals surface area contributed by atoms with Gasteiger partial charge in [0.05, 0.1) is 5.54 Å². The Labute approximate surface area is 126 Å². The normalized spacial score (nSPS) is 11.2. The van der Waals surface area contributed by atoms with Gasteiger partial charge in [-0.3, -0.25) is 4.79 Å². The zero-order valence-electron chi connectivity index (χ0n) is 12.9. The molecule has 2 aromatic rings. The monoisotopic (exact) mass is 283 g/mol. The average Bonchev–Trinajstić information content (AvgIpc) is 2.46. The predicted octanol–water partition coefficient (Wildman–Crippen LogP) is 2.65. The fourth-order valence-electron chi connectivity index (χ4n) is 2.06. The lowest BCUT2D eigenvalue weighted by molar-refractivity contribution is -0.707. The molecule has 0 aromatic heterocycles. The van der Waals surface area contributed by atoms with Crippen LogP contribution in [0.25, 0.3) is 11.1 Å². The molecule has 0 bridgehead atoms. The highest BCUT2D eigenvalue weighted by Crippen LogP contribution is 2.27. The fourth-order valence-corrected chi connectivity index (χ4v) is 2.06. The van der Waals surface area contributed by atoms with Crippen molar-refractivity contribution in [1.82, 2.24) is 0 Å². The zero-order valence-corrected chi connectivity index (χ0v) is 12.9. The van der Waals surface area contributed by atoms with E-state index in [4.69, 9.17) is 0 Å². The van der Waals surface area contributed by atoms with E-state index < -0.39 is 0 Å². The van der Waals surface area contributed by atoms with Crippen LogP contribution < -0.4 is 10.6 Å². The number of carbonyl (C=O) groups excluding carboxylic acids is 1. The van der Waals surface area contributed by atoms with E-state index in [0.29, 0.717) is 6.54 Å². The van der Waals surface area contributed by atoms with E-state index in [1.165, 1.54) is 0 Å². The lowest BCUT2D eigenvalue weighted by atomic mass is 10.0. The second-order valence-corrected chi connectivity index (χ2v) is 6.23. The summed E-state index contributed by atoms with van der Waals surface area (Å²) < 4.78 is 0. The molecular formula is C18H23N2O+. The summed E-state index contributed by atoms with van der Waals surface area (Å²) >= 11 is 0. The van der Waals surface area contributed by atoms with Crippen molar-refractivity contribution in [3.63, 3.8) is 0 Å². The maximum absolute atomic E-state index is 12.1. The number of carbonyl (C=O) groups is 1. The lowest BCUT2D eigenvalue weighted by Crippen LogP contribution is -2.95. The number of anilines is 1. The molecule has 0 spiro atoms. The first-order valence-corrected chi connectivity index (χ1v) is 7.24. The summed E-state index contributed by atoms with van der Waals surface area (Å²) in [5, 5.41) is 5.05. The van der Waals surface area contributed by atoms with Crippen molar-refractivity contribution in [2.24, 2.45) is 0 Å². The number of hydrogen-bond acceptors (Lipinski definition) is 1. The molecule has 0 heterocycles. The van der Waals surface area contributed by atoms with Gasteiger partial charge in [0.1, 0.15) is 0 Å². The van der Waals surface area contributed by atoms with Gasteiger partial charge in [-0.25, -0.2) is 0 Å². The number of rotatable bonds is 4. The highest BCUT2D eigenvalue weighted by Gasteiger charge is 2.16. The molecule has 3 heteroatoms. The van der Waals surface area contributed by atoms with Crippen molar-refractivity contribution in [2.75, 3.05) is 11.9 Å². The molecule has 0 unspecified atom stereocenters. The van der Waals surface area contributed by atoms with Crippen LogP contribution in [0, 0.1) is 0 Å². The summed E-state index contributed by atoms with van der Waals surface area (Å²) in [5.74, 6) is 0.0216. The molecule has 3 nitrogen and oxygen atoms in total. The molecule has 1 amide bonds. The molecule has 110 valence electrons. The minimum atomic E-state index is 0.0216. The Morgan fingerprint density at radius 3 is 2.29 bits per heavy atom. The van der Waals surface area contributed by atoms with Gasteiger partial charge in [0.2, 0.25) is 0 Å². The van der Waals surface area contributed by atoms with E-state index in [-0.39, 0.29) is 11.4 Å². The van der Waals surface area contributed by atoms with Gasteiger partial charge < -0.3 is 10.6 Å². The molecule has 0 atom stereocenters. The molecule has 2 rings (SSSR count). The van der Waals surface area contributed by atoms with E-state index in [1.807, 2.05) is 59.9 Å². The Morgan fingerprint density at radius 2 is 1.62 bits per heavy atom. The summed E-state index contributed by atoms with van der Waals surface area (Å²) in [7, 11) is 0. The van der Waals surface area contributed by atoms with Crippen molar-refractivity contribution < 1.29 is 10.1 Å². The molecule has 2 aromatic carbocycles. The molecule has 0 radical (unpaired) electrons. The third kappa shape index (κ3) is 4.72. The first kappa shape index (κ1) is 15.3. The maximum atomic E-state index is 12.1. The first-order valence-electron chi connectivity index (χ1n) is 7.24. The summed E-state index contributed by atoms with van der Waals surface area (Å²) in [6.07, 6.45) is 0. The Morgan fingerprint density at radius 1 is 1.00 bits per heavy atom. The van der Waals surface area contributed by atoms with Crippen LogP contribution in [-0.4, -0.2) is 18.0 Å². The highest BCUT2D eigenvalue weighted by molar-refractivity contribution is 5.95. The van der Waals surface area contributed by atoms with Gasteiger partial charge in [-0.1, -0.05) is 48.5 Å². The number of nitrogens with two attached hydrogens (primary N) is 1. The van der Waals surface area contributed by atoms with Crippen molar-refractivity contribution >= 4 is 11.6 Å². The van der Waals surface area contributed by atoms with Gasteiger partial charge in [-0.2, -0.15) is 0 Å². The Kier molecular flexibility index (Phi) is 4.76. The van der Waals surface area contributed by atoms with Gasteiger partial charge in [0.25, 0.3) is 5.91 Å². The smallest absolute Gasteiger partial charge is 0.279 e. The van der Waals surface area contributed by atoms with Gasteiger partial charge in [0.15, 0.2) is 6.54 Å². The van der Waals surface area contributed by atoms with Crippen molar-refractivity contribution in [3.05, 3.63) is 54.6 Å². The molecule has 0 aliphatic carbocycles. The number of hydrogen-bond donors (Lipinski definition) is 2. The first-order chi connectivity index (χ1) is 9.96. The highest BCUT2D eigenvalue weighted by atomic mass is 16.1. The average molecular weight is 283 g/mol. The fraction of sp³-hybridized carbons (Fsp3) is 0.278. The van der Waals surface area contributed by atoms with E-state index in [1.54, 1.807) is 0 Å². The largest absolute Gasteiger partial charge is 0.334 e. The molecule has 0 saturated carbocycles. The molecular weight excluding hydrogens is 260 g/mol. The van der Waals surface area contributed by atoms with Crippen molar-refractivity contribution in [3.8, 4) is 11.1 Å². The van der Waals surface area contributed by atoms with Crippen LogP contribution in [0.15, 0.2) is 54.6 Å². The molecule has 0 aliphatic rings. The second-order valence-electron chi connectivity index (χ2n) is 6.23. The number of amides is 1.